The molecule has 1 aliphatic rings. The fourth-order valence-electron chi connectivity index (χ4n) is 6.65. The molecule has 0 N–H and O–H groups in total. The van der Waals surface area contributed by atoms with Crippen LogP contribution < -0.4 is 0 Å². The maximum absolute atomic E-state index is 2.82. The Labute approximate surface area is 159 Å². The van der Waals surface area contributed by atoms with E-state index in [0.29, 0.717) is 0 Å². The smallest absolute Gasteiger partial charge is 0.0516 e. The van der Waals surface area contributed by atoms with E-state index in [9.17, 15) is 0 Å². The fraction of sp³-hybridized carbons (Fsp3) is 0.833. The van der Waals surface area contributed by atoms with Crippen LogP contribution >= 0.6 is 0 Å². The van der Waals surface area contributed by atoms with Gasteiger partial charge in [0.2, 0.25) is 0 Å². The third-order valence-corrected chi connectivity index (χ3v) is 7.40. The summed E-state index contributed by atoms with van der Waals surface area (Å²) in [6.45, 7) is 23.9. The lowest BCUT2D eigenvalue weighted by Crippen LogP contribution is -2.63. The monoisotopic (exact) mass is 347 g/mol. The highest BCUT2D eigenvalue weighted by atomic mass is 15.2. The number of likely N-dealkylation sites (N-methyl/N-ethyl adjacent to an activating group) is 1. The highest BCUT2D eigenvalue weighted by Gasteiger charge is 2.57. The molecule has 0 spiro atoms. The first-order chi connectivity index (χ1) is 12.0. The van der Waals surface area contributed by atoms with Crippen LogP contribution in [0.1, 0.15) is 107 Å². The van der Waals surface area contributed by atoms with Gasteiger partial charge in [0.1, 0.15) is 0 Å². The van der Waals surface area contributed by atoms with E-state index in [1.807, 2.05) is 0 Å². The summed E-state index contributed by atoms with van der Waals surface area (Å²) in [4.78, 5) is 2.82. The minimum absolute atomic E-state index is 0.199. The lowest BCUT2D eigenvalue weighted by molar-refractivity contribution is 0.000777. The minimum atomic E-state index is 0.199. The molecule has 0 aromatic rings. The summed E-state index contributed by atoms with van der Waals surface area (Å²) in [5.74, 6) is 0. The Kier molecular flexibility index (Phi) is 8.45. The molecule has 0 aromatic heterocycles. The van der Waals surface area contributed by atoms with Crippen molar-refractivity contribution in [3.8, 4) is 0 Å². The van der Waals surface area contributed by atoms with Gasteiger partial charge in [-0.3, -0.25) is 4.90 Å². The van der Waals surface area contributed by atoms with Crippen LogP contribution in [0.15, 0.2) is 22.3 Å². The number of nitrogens with zero attached hydrogens (tertiary/aromatic N) is 1. The molecule has 1 aliphatic carbocycles. The van der Waals surface area contributed by atoms with Gasteiger partial charge in [0.25, 0.3) is 0 Å². The highest BCUT2D eigenvalue weighted by Crippen LogP contribution is 2.60. The predicted octanol–water partition coefficient (Wildman–Crippen LogP) is 7.53. The SMILES string of the molecule is CCC1=C(CC)C(CC)(CC)C(CC)(N(CC)CC)C(CC)=C1CC. The maximum atomic E-state index is 2.82. The molecule has 0 fully saturated rings. The number of hydrogen-bond donors (Lipinski definition) is 0. The first-order valence-electron chi connectivity index (χ1n) is 11.2. The van der Waals surface area contributed by atoms with Gasteiger partial charge in [-0.25, -0.2) is 0 Å². The van der Waals surface area contributed by atoms with Crippen molar-refractivity contribution in [2.75, 3.05) is 13.1 Å². The van der Waals surface area contributed by atoms with Gasteiger partial charge in [0, 0.05) is 5.41 Å². The average molecular weight is 348 g/mol. The molecule has 1 atom stereocenters. The largest absolute Gasteiger partial charge is 0.294 e. The van der Waals surface area contributed by atoms with Crippen LogP contribution in [-0.4, -0.2) is 23.5 Å². The minimum Gasteiger partial charge on any atom is -0.294 e. The van der Waals surface area contributed by atoms with Crippen molar-refractivity contribution >= 4 is 0 Å². The molecule has 0 heterocycles. The summed E-state index contributed by atoms with van der Waals surface area (Å²) in [6, 6.07) is 0. The lowest BCUT2D eigenvalue weighted by Gasteiger charge is -2.61. The van der Waals surface area contributed by atoms with Gasteiger partial charge >= 0.3 is 0 Å². The second kappa shape index (κ2) is 9.40. The second-order valence-electron chi connectivity index (χ2n) is 7.50. The summed E-state index contributed by atoms with van der Waals surface area (Å²) < 4.78 is 0. The standard InChI is InChI=1S/C24H45N/c1-10-19-20(11-2)22(13-4)24(16-7,25(17-8)18-9)23(14-5,15-6)21(19)12-3/h10-18H2,1-9H3. The first-order valence-corrected chi connectivity index (χ1v) is 11.2. The molecule has 0 bridgehead atoms. The van der Waals surface area contributed by atoms with E-state index in [0.717, 1.165) is 13.1 Å². The molecule has 25 heavy (non-hydrogen) atoms. The number of allylic oxidation sites excluding steroid dienone is 2. The molecular formula is C24H45N. The molecule has 0 saturated carbocycles. The van der Waals surface area contributed by atoms with E-state index in [1.54, 1.807) is 22.3 Å². The van der Waals surface area contributed by atoms with Crippen molar-refractivity contribution in [1.82, 2.24) is 4.90 Å². The Balaban J connectivity index is 4.05. The predicted molar refractivity (Wildman–Crippen MR) is 114 cm³/mol. The molecule has 0 saturated heterocycles. The first kappa shape index (κ1) is 22.5. The van der Waals surface area contributed by atoms with E-state index >= 15 is 0 Å². The van der Waals surface area contributed by atoms with Gasteiger partial charge in [-0.05, 0) is 74.8 Å². The zero-order valence-electron chi connectivity index (χ0n) is 18.8. The van der Waals surface area contributed by atoms with E-state index in [2.05, 4.69) is 67.2 Å². The molecule has 0 aromatic carbocycles. The molecule has 1 rings (SSSR count). The zero-order valence-corrected chi connectivity index (χ0v) is 18.8. The normalized spacial score (nSPS) is 23.8. The number of hydrogen-bond acceptors (Lipinski definition) is 1. The highest BCUT2D eigenvalue weighted by molar-refractivity contribution is 5.53. The van der Waals surface area contributed by atoms with Gasteiger partial charge < -0.3 is 0 Å². The van der Waals surface area contributed by atoms with E-state index in [1.165, 1.54) is 44.9 Å². The van der Waals surface area contributed by atoms with Crippen molar-refractivity contribution in [3.63, 3.8) is 0 Å². The Morgan fingerprint density at radius 3 is 1.28 bits per heavy atom. The quantitative estimate of drug-likeness (QED) is 0.395. The van der Waals surface area contributed by atoms with Crippen molar-refractivity contribution < 1.29 is 0 Å². The molecule has 0 amide bonds. The molecular weight excluding hydrogens is 302 g/mol. The topological polar surface area (TPSA) is 3.24 Å². The summed E-state index contributed by atoms with van der Waals surface area (Å²) in [7, 11) is 0. The Bertz CT molecular complexity index is 488. The Morgan fingerprint density at radius 2 is 1.00 bits per heavy atom. The summed E-state index contributed by atoms with van der Waals surface area (Å²) in [6.07, 6.45) is 8.49. The third kappa shape index (κ3) is 3.05. The Morgan fingerprint density at radius 1 is 0.560 bits per heavy atom. The molecule has 1 heteroatoms. The van der Waals surface area contributed by atoms with Gasteiger partial charge in [0.15, 0.2) is 0 Å². The molecule has 146 valence electrons. The van der Waals surface area contributed by atoms with Crippen LogP contribution in [0.5, 0.6) is 0 Å². The number of rotatable bonds is 10. The molecule has 1 unspecified atom stereocenters. The van der Waals surface area contributed by atoms with Crippen LogP contribution in [0.2, 0.25) is 0 Å². The third-order valence-electron chi connectivity index (χ3n) is 7.40. The lowest BCUT2D eigenvalue weighted by atomic mass is 9.51. The van der Waals surface area contributed by atoms with Crippen LogP contribution in [0.3, 0.4) is 0 Å². The summed E-state index contributed by atoms with van der Waals surface area (Å²) >= 11 is 0. The summed E-state index contributed by atoms with van der Waals surface area (Å²) in [5.41, 5.74) is 7.44. The van der Waals surface area contributed by atoms with Crippen LogP contribution in [0.25, 0.3) is 0 Å². The van der Waals surface area contributed by atoms with Gasteiger partial charge in [0.05, 0.1) is 5.54 Å². The molecule has 1 nitrogen and oxygen atoms in total. The molecule has 0 aliphatic heterocycles. The van der Waals surface area contributed by atoms with Crippen LogP contribution in [-0.2, 0) is 0 Å². The van der Waals surface area contributed by atoms with E-state index < -0.39 is 0 Å². The van der Waals surface area contributed by atoms with Crippen LogP contribution in [0.4, 0.5) is 0 Å². The van der Waals surface area contributed by atoms with Crippen molar-refractivity contribution in [3.05, 3.63) is 22.3 Å². The second-order valence-corrected chi connectivity index (χ2v) is 7.50. The van der Waals surface area contributed by atoms with E-state index in [4.69, 9.17) is 0 Å². The van der Waals surface area contributed by atoms with Crippen molar-refractivity contribution in [2.24, 2.45) is 5.41 Å². The van der Waals surface area contributed by atoms with Crippen molar-refractivity contribution in [1.29, 1.82) is 0 Å². The zero-order chi connectivity index (χ0) is 19.3. The van der Waals surface area contributed by atoms with E-state index in [-0.39, 0.29) is 11.0 Å². The van der Waals surface area contributed by atoms with Crippen LogP contribution in [0, 0.1) is 5.41 Å². The van der Waals surface area contributed by atoms with Crippen molar-refractivity contribution in [2.45, 2.75) is 113 Å². The van der Waals surface area contributed by atoms with Gasteiger partial charge in [-0.2, -0.15) is 0 Å². The van der Waals surface area contributed by atoms with Gasteiger partial charge in [-0.15, -0.1) is 0 Å². The maximum Gasteiger partial charge on any atom is 0.0516 e. The Hall–Kier alpha value is -0.560. The summed E-state index contributed by atoms with van der Waals surface area (Å²) in [5, 5.41) is 0. The fourth-order valence-corrected chi connectivity index (χ4v) is 6.65. The van der Waals surface area contributed by atoms with Gasteiger partial charge in [-0.1, -0.05) is 67.9 Å². The average Bonchev–Trinajstić information content (AvgIpc) is 2.66. The molecule has 0 radical (unpaired) electrons.